The highest BCUT2D eigenvalue weighted by atomic mass is 16.5. The first-order valence-electron chi connectivity index (χ1n) is 8.64. The molecule has 130 valence electrons. The van der Waals surface area contributed by atoms with Crippen molar-refractivity contribution in [3.8, 4) is 17.0 Å². The van der Waals surface area contributed by atoms with Crippen molar-refractivity contribution in [2.24, 2.45) is 0 Å². The van der Waals surface area contributed by atoms with Gasteiger partial charge in [-0.05, 0) is 32.0 Å². The van der Waals surface area contributed by atoms with Gasteiger partial charge in [-0.2, -0.15) is 5.10 Å². The summed E-state index contributed by atoms with van der Waals surface area (Å²) in [7, 11) is 0. The number of hydrogen-bond donors (Lipinski definition) is 1. The highest BCUT2D eigenvalue weighted by molar-refractivity contribution is 5.80. The summed E-state index contributed by atoms with van der Waals surface area (Å²) in [5.74, 6) is 1.59. The van der Waals surface area contributed by atoms with E-state index in [9.17, 15) is 0 Å². The van der Waals surface area contributed by atoms with Gasteiger partial charge in [0.2, 0.25) is 5.88 Å². The third kappa shape index (κ3) is 3.15. The summed E-state index contributed by atoms with van der Waals surface area (Å²) in [6.07, 6.45) is 5.59. The third-order valence-electron chi connectivity index (χ3n) is 4.20. The van der Waals surface area contributed by atoms with E-state index in [0.29, 0.717) is 5.88 Å². The highest BCUT2D eigenvalue weighted by Gasteiger charge is 2.17. The van der Waals surface area contributed by atoms with Gasteiger partial charge < -0.3 is 15.0 Å². The predicted octanol–water partition coefficient (Wildman–Crippen LogP) is 1.99. The summed E-state index contributed by atoms with van der Waals surface area (Å²) in [5.41, 5.74) is 2.66. The minimum atomic E-state index is 0.0554. The molecule has 0 unspecified atom stereocenters. The van der Waals surface area contributed by atoms with Gasteiger partial charge in [0, 0.05) is 44.1 Å². The molecular weight excluding hydrogens is 316 g/mol. The Kier molecular flexibility index (Phi) is 4.23. The highest BCUT2D eigenvalue weighted by Crippen LogP contribution is 2.31. The van der Waals surface area contributed by atoms with E-state index in [2.05, 4.69) is 20.3 Å². The summed E-state index contributed by atoms with van der Waals surface area (Å²) < 4.78 is 7.67. The Morgan fingerprint density at radius 1 is 1.16 bits per heavy atom. The van der Waals surface area contributed by atoms with Gasteiger partial charge in [0.05, 0.1) is 17.9 Å². The SMILES string of the molecule is CC(C)Oc1ncccc1-c1cnn2ccc(N3CCNCC3)nc12. The molecule has 0 amide bonds. The molecule has 4 heterocycles. The van der Waals surface area contributed by atoms with Crippen LogP contribution in [-0.2, 0) is 0 Å². The number of rotatable bonds is 4. The minimum Gasteiger partial charge on any atom is -0.475 e. The van der Waals surface area contributed by atoms with Gasteiger partial charge in [-0.3, -0.25) is 0 Å². The van der Waals surface area contributed by atoms with Crippen LogP contribution in [0.2, 0.25) is 0 Å². The van der Waals surface area contributed by atoms with E-state index in [1.165, 1.54) is 0 Å². The first-order chi connectivity index (χ1) is 12.2. The molecule has 0 aliphatic carbocycles. The van der Waals surface area contributed by atoms with Crippen molar-refractivity contribution in [1.29, 1.82) is 0 Å². The van der Waals surface area contributed by atoms with E-state index in [-0.39, 0.29) is 6.10 Å². The molecular formula is C18H22N6O. The van der Waals surface area contributed by atoms with Crippen LogP contribution in [0.15, 0.2) is 36.8 Å². The zero-order valence-corrected chi connectivity index (χ0v) is 14.5. The zero-order chi connectivity index (χ0) is 17.2. The van der Waals surface area contributed by atoms with Crippen LogP contribution in [0.1, 0.15) is 13.8 Å². The second-order valence-electron chi connectivity index (χ2n) is 6.37. The summed E-state index contributed by atoms with van der Waals surface area (Å²) in [5, 5.41) is 7.81. The van der Waals surface area contributed by atoms with Gasteiger partial charge in [-0.15, -0.1) is 0 Å². The summed E-state index contributed by atoms with van der Waals surface area (Å²) in [6, 6.07) is 5.93. The van der Waals surface area contributed by atoms with E-state index in [0.717, 1.165) is 48.8 Å². The van der Waals surface area contributed by atoms with Crippen LogP contribution in [0.25, 0.3) is 16.8 Å². The maximum absolute atomic E-state index is 5.87. The van der Waals surface area contributed by atoms with Crippen molar-refractivity contribution in [1.82, 2.24) is 24.9 Å². The quantitative estimate of drug-likeness (QED) is 0.785. The molecule has 25 heavy (non-hydrogen) atoms. The number of hydrogen-bond acceptors (Lipinski definition) is 6. The van der Waals surface area contributed by atoms with E-state index in [1.54, 1.807) is 10.7 Å². The lowest BCUT2D eigenvalue weighted by atomic mass is 10.1. The first kappa shape index (κ1) is 15.8. The monoisotopic (exact) mass is 338 g/mol. The fourth-order valence-corrected chi connectivity index (χ4v) is 3.03. The topological polar surface area (TPSA) is 67.6 Å². The molecule has 0 spiro atoms. The molecule has 1 aliphatic heterocycles. The average molecular weight is 338 g/mol. The van der Waals surface area contributed by atoms with E-state index < -0.39 is 0 Å². The standard InChI is InChI=1S/C18H22N6O/c1-13(2)25-18-14(4-3-6-20-18)15-12-21-24-9-5-16(22-17(15)24)23-10-7-19-8-11-23/h3-6,9,12-13,19H,7-8,10-11H2,1-2H3. The number of aromatic nitrogens is 4. The van der Waals surface area contributed by atoms with Crippen molar-refractivity contribution < 1.29 is 4.74 Å². The Morgan fingerprint density at radius 3 is 2.80 bits per heavy atom. The van der Waals surface area contributed by atoms with Crippen molar-refractivity contribution >= 4 is 11.5 Å². The fraction of sp³-hybridized carbons (Fsp3) is 0.389. The van der Waals surface area contributed by atoms with Gasteiger partial charge in [0.25, 0.3) is 0 Å². The van der Waals surface area contributed by atoms with Gasteiger partial charge in [0.15, 0.2) is 5.65 Å². The number of ether oxygens (including phenoxy) is 1. The van der Waals surface area contributed by atoms with Crippen LogP contribution >= 0.6 is 0 Å². The number of fused-ring (bicyclic) bond motifs is 1. The average Bonchev–Trinajstić information content (AvgIpc) is 3.05. The molecule has 1 N–H and O–H groups in total. The van der Waals surface area contributed by atoms with Gasteiger partial charge in [-0.1, -0.05) is 0 Å². The number of piperazine rings is 1. The molecule has 1 aliphatic rings. The van der Waals surface area contributed by atoms with Gasteiger partial charge in [0.1, 0.15) is 5.82 Å². The minimum absolute atomic E-state index is 0.0554. The maximum atomic E-state index is 5.87. The van der Waals surface area contributed by atoms with Crippen LogP contribution in [0.3, 0.4) is 0 Å². The van der Waals surface area contributed by atoms with Crippen LogP contribution in [-0.4, -0.2) is 51.9 Å². The Hall–Kier alpha value is -2.67. The molecule has 7 nitrogen and oxygen atoms in total. The summed E-state index contributed by atoms with van der Waals surface area (Å²) in [4.78, 5) is 11.6. The fourth-order valence-electron chi connectivity index (χ4n) is 3.03. The lowest BCUT2D eigenvalue weighted by molar-refractivity contribution is 0.234. The summed E-state index contributed by atoms with van der Waals surface area (Å²) in [6.45, 7) is 7.87. The molecule has 3 aromatic heterocycles. The summed E-state index contributed by atoms with van der Waals surface area (Å²) >= 11 is 0. The number of anilines is 1. The molecule has 4 rings (SSSR count). The molecule has 3 aromatic rings. The third-order valence-corrected chi connectivity index (χ3v) is 4.20. The smallest absolute Gasteiger partial charge is 0.221 e. The van der Waals surface area contributed by atoms with E-state index in [1.807, 2.05) is 44.4 Å². The number of nitrogens with zero attached hydrogens (tertiary/aromatic N) is 5. The van der Waals surface area contributed by atoms with Gasteiger partial charge >= 0.3 is 0 Å². The predicted molar refractivity (Wildman–Crippen MR) is 97.1 cm³/mol. The van der Waals surface area contributed by atoms with Crippen molar-refractivity contribution in [2.45, 2.75) is 20.0 Å². The second-order valence-corrected chi connectivity index (χ2v) is 6.37. The molecule has 1 saturated heterocycles. The molecule has 0 saturated carbocycles. The maximum Gasteiger partial charge on any atom is 0.221 e. The lowest BCUT2D eigenvalue weighted by Gasteiger charge is -2.28. The zero-order valence-electron chi connectivity index (χ0n) is 14.5. The molecule has 0 radical (unpaired) electrons. The van der Waals surface area contributed by atoms with Crippen molar-refractivity contribution in [3.63, 3.8) is 0 Å². The Morgan fingerprint density at radius 2 is 2.00 bits per heavy atom. The van der Waals surface area contributed by atoms with E-state index in [4.69, 9.17) is 9.72 Å². The van der Waals surface area contributed by atoms with Crippen LogP contribution in [0.4, 0.5) is 5.82 Å². The normalized spacial score (nSPS) is 15.1. The Labute approximate surface area is 146 Å². The molecule has 0 aromatic carbocycles. The second kappa shape index (κ2) is 6.68. The van der Waals surface area contributed by atoms with Gasteiger partial charge in [-0.25, -0.2) is 14.5 Å². The largest absolute Gasteiger partial charge is 0.475 e. The van der Waals surface area contributed by atoms with Crippen LogP contribution in [0.5, 0.6) is 5.88 Å². The molecule has 1 fully saturated rings. The Balaban J connectivity index is 1.78. The van der Waals surface area contributed by atoms with Crippen molar-refractivity contribution in [2.75, 3.05) is 31.1 Å². The van der Waals surface area contributed by atoms with Crippen LogP contribution < -0.4 is 15.0 Å². The molecule has 7 heteroatoms. The first-order valence-corrected chi connectivity index (χ1v) is 8.64. The Bertz CT molecular complexity index is 869. The van der Waals surface area contributed by atoms with E-state index >= 15 is 0 Å². The number of pyridine rings is 1. The van der Waals surface area contributed by atoms with Crippen molar-refractivity contribution in [3.05, 3.63) is 36.8 Å². The molecule has 0 atom stereocenters. The van der Waals surface area contributed by atoms with Crippen LogP contribution in [0, 0.1) is 0 Å². The lowest BCUT2D eigenvalue weighted by Crippen LogP contribution is -2.43. The molecule has 0 bridgehead atoms. The number of nitrogens with one attached hydrogen (secondary N) is 1.